The molecule has 7 nitrogen and oxygen atoms in total. The Morgan fingerprint density at radius 3 is 2.72 bits per heavy atom. The van der Waals surface area contributed by atoms with Crippen molar-refractivity contribution < 1.29 is 14.6 Å². The predicted molar refractivity (Wildman–Crippen MR) is 95.9 cm³/mol. The Balaban J connectivity index is 1.96. The summed E-state index contributed by atoms with van der Waals surface area (Å²) in [5.74, 6) is 1.42. The van der Waals surface area contributed by atoms with Gasteiger partial charge < -0.3 is 15.2 Å². The summed E-state index contributed by atoms with van der Waals surface area (Å²) in [6.45, 7) is 7.29. The summed E-state index contributed by atoms with van der Waals surface area (Å²) in [6, 6.07) is 0.0190. The molecule has 1 aliphatic carbocycles. The number of hydrogen-bond donors (Lipinski definition) is 2. The van der Waals surface area contributed by atoms with Gasteiger partial charge in [0.05, 0.1) is 18.3 Å². The molecule has 1 aliphatic heterocycles. The van der Waals surface area contributed by atoms with E-state index >= 15 is 0 Å². The van der Waals surface area contributed by atoms with Crippen LogP contribution in [0.25, 0.3) is 0 Å². The van der Waals surface area contributed by atoms with E-state index in [-0.39, 0.29) is 18.0 Å². The molecule has 1 fully saturated rings. The van der Waals surface area contributed by atoms with Gasteiger partial charge in [-0.15, -0.1) is 0 Å². The molecule has 0 spiro atoms. The van der Waals surface area contributed by atoms with Gasteiger partial charge in [0.15, 0.2) is 17.2 Å². The fourth-order valence-corrected chi connectivity index (χ4v) is 3.61. The van der Waals surface area contributed by atoms with Crippen molar-refractivity contribution >= 4 is 17.7 Å². The second-order valence-corrected chi connectivity index (χ2v) is 7.51. The van der Waals surface area contributed by atoms with Crippen molar-refractivity contribution in [2.45, 2.75) is 83.6 Å². The molecule has 1 amide bonds. The van der Waals surface area contributed by atoms with Gasteiger partial charge >= 0.3 is 0 Å². The Morgan fingerprint density at radius 2 is 2.12 bits per heavy atom. The van der Waals surface area contributed by atoms with Gasteiger partial charge in [-0.2, -0.15) is 4.98 Å². The van der Waals surface area contributed by atoms with E-state index in [4.69, 9.17) is 4.74 Å². The Bertz CT molecular complexity index is 641. The quantitative estimate of drug-likeness (QED) is 0.850. The monoisotopic (exact) mass is 348 g/mol. The second-order valence-electron chi connectivity index (χ2n) is 7.51. The van der Waals surface area contributed by atoms with Gasteiger partial charge in [0.1, 0.15) is 0 Å². The van der Waals surface area contributed by atoms with Crippen LogP contribution >= 0.6 is 0 Å². The molecular weight excluding hydrogens is 320 g/mol. The van der Waals surface area contributed by atoms with Gasteiger partial charge in [-0.25, -0.2) is 4.98 Å². The smallest absolute Gasteiger partial charge is 0.272 e. The van der Waals surface area contributed by atoms with E-state index in [1.807, 2.05) is 11.8 Å². The summed E-state index contributed by atoms with van der Waals surface area (Å²) in [4.78, 5) is 23.7. The lowest BCUT2D eigenvalue weighted by atomic mass is 10.0. The SMILES string of the molecule is CCC(Nc1ncc2c(n1)N(C1CCCC1)C(=O)C(C)(C)O2)C(C)O. The Morgan fingerprint density at radius 1 is 1.44 bits per heavy atom. The number of hydrogen-bond acceptors (Lipinski definition) is 6. The summed E-state index contributed by atoms with van der Waals surface area (Å²) in [7, 11) is 0. The fourth-order valence-electron chi connectivity index (χ4n) is 3.61. The lowest BCUT2D eigenvalue weighted by molar-refractivity contribution is -0.133. The molecule has 1 aromatic rings. The van der Waals surface area contributed by atoms with Gasteiger partial charge in [-0.3, -0.25) is 9.69 Å². The summed E-state index contributed by atoms with van der Waals surface area (Å²) in [6.07, 6.45) is 6.07. The number of carbonyl (C=O) groups is 1. The molecule has 138 valence electrons. The van der Waals surface area contributed by atoms with E-state index in [1.54, 1.807) is 27.0 Å². The van der Waals surface area contributed by atoms with Crippen LogP contribution in [0.1, 0.15) is 59.8 Å². The van der Waals surface area contributed by atoms with E-state index in [1.165, 1.54) is 0 Å². The van der Waals surface area contributed by atoms with Crippen molar-refractivity contribution in [3.05, 3.63) is 6.20 Å². The summed E-state index contributed by atoms with van der Waals surface area (Å²) in [5.41, 5.74) is -0.917. The van der Waals surface area contributed by atoms with Crippen molar-refractivity contribution in [2.24, 2.45) is 0 Å². The number of anilines is 2. The lowest BCUT2D eigenvalue weighted by Crippen LogP contribution is -2.56. The molecule has 2 heterocycles. The van der Waals surface area contributed by atoms with Crippen LogP contribution in [0.15, 0.2) is 6.20 Å². The topological polar surface area (TPSA) is 87.6 Å². The number of ether oxygens (including phenoxy) is 1. The molecule has 2 atom stereocenters. The average molecular weight is 348 g/mol. The molecule has 1 saturated carbocycles. The molecule has 0 saturated heterocycles. The first-order valence-electron chi connectivity index (χ1n) is 9.17. The lowest BCUT2D eigenvalue weighted by Gasteiger charge is -2.40. The van der Waals surface area contributed by atoms with Crippen LogP contribution in [0, 0.1) is 0 Å². The maximum Gasteiger partial charge on any atom is 0.272 e. The molecule has 0 aromatic carbocycles. The van der Waals surface area contributed by atoms with E-state index in [0.717, 1.165) is 32.1 Å². The molecule has 1 aromatic heterocycles. The third-order valence-electron chi connectivity index (χ3n) is 5.09. The van der Waals surface area contributed by atoms with E-state index < -0.39 is 11.7 Å². The van der Waals surface area contributed by atoms with Crippen LogP contribution in [-0.2, 0) is 4.79 Å². The highest BCUT2D eigenvalue weighted by molar-refractivity contribution is 6.02. The minimum atomic E-state index is -0.917. The third-order valence-corrected chi connectivity index (χ3v) is 5.09. The summed E-state index contributed by atoms with van der Waals surface area (Å²) >= 11 is 0. The van der Waals surface area contributed by atoms with Gasteiger partial charge in [0.2, 0.25) is 5.95 Å². The van der Waals surface area contributed by atoms with Crippen molar-refractivity contribution in [3.8, 4) is 5.75 Å². The number of nitrogens with one attached hydrogen (secondary N) is 1. The zero-order chi connectivity index (χ0) is 18.2. The number of amides is 1. The number of carbonyl (C=O) groups excluding carboxylic acids is 1. The number of nitrogens with zero attached hydrogens (tertiary/aromatic N) is 3. The van der Waals surface area contributed by atoms with Crippen molar-refractivity contribution in [1.29, 1.82) is 0 Å². The minimum absolute atomic E-state index is 0.0564. The second kappa shape index (κ2) is 6.78. The molecule has 0 bridgehead atoms. The number of aliphatic hydroxyl groups is 1. The van der Waals surface area contributed by atoms with Crippen molar-refractivity contribution in [3.63, 3.8) is 0 Å². The molecule has 25 heavy (non-hydrogen) atoms. The van der Waals surface area contributed by atoms with Crippen LogP contribution < -0.4 is 15.0 Å². The molecule has 0 radical (unpaired) electrons. The number of fused-ring (bicyclic) bond motifs is 1. The highest BCUT2D eigenvalue weighted by atomic mass is 16.5. The normalized spacial score (nSPS) is 22.3. The molecule has 2 aliphatic rings. The molecule has 7 heteroatoms. The molecule has 2 N–H and O–H groups in total. The van der Waals surface area contributed by atoms with Gasteiger partial charge in [-0.05, 0) is 40.0 Å². The summed E-state index contributed by atoms with van der Waals surface area (Å²) in [5, 5.41) is 13.0. The van der Waals surface area contributed by atoms with E-state index in [0.29, 0.717) is 17.5 Å². The van der Waals surface area contributed by atoms with Crippen LogP contribution in [0.4, 0.5) is 11.8 Å². The van der Waals surface area contributed by atoms with Crippen LogP contribution in [0.3, 0.4) is 0 Å². The third kappa shape index (κ3) is 3.42. The summed E-state index contributed by atoms with van der Waals surface area (Å²) < 4.78 is 5.86. The average Bonchev–Trinajstić information content (AvgIpc) is 3.07. The Hall–Kier alpha value is -1.89. The number of aliphatic hydroxyl groups excluding tert-OH is 1. The first-order chi connectivity index (χ1) is 11.8. The predicted octanol–water partition coefficient (Wildman–Crippen LogP) is 2.49. The van der Waals surface area contributed by atoms with Crippen molar-refractivity contribution in [1.82, 2.24) is 9.97 Å². The standard InChI is InChI=1S/C18H28N4O3/c1-5-13(11(2)23)20-17-19-10-14-15(21-17)22(12-8-6-7-9-12)16(24)18(3,4)25-14/h10-13,23H,5-9H2,1-4H3,(H,19,20,21). The Kier molecular flexibility index (Phi) is 4.86. The van der Waals surface area contributed by atoms with Gasteiger partial charge in [0.25, 0.3) is 5.91 Å². The van der Waals surface area contributed by atoms with E-state index in [9.17, 15) is 9.90 Å². The zero-order valence-corrected chi connectivity index (χ0v) is 15.5. The zero-order valence-electron chi connectivity index (χ0n) is 15.5. The maximum absolute atomic E-state index is 13.0. The largest absolute Gasteiger partial charge is 0.472 e. The Labute approximate surface area is 148 Å². The van der Waals surface area contributed by atoms with Crippen LogP contribution in [0.5, 0.6) is 5.75 Å². The molecule has 2 unspecified atom stereocenters. The number of rotatable bonds is 5. The molecule has 3 rings (SSSR count). The number of aromatic nitrogens is 2. The first kappa shape index (κ1) is 17.9. The van der Waals surface area contributed by atoms with Gasteiger partial charge in [-0.1, -0.05) is 19.8 Å². The first-order valence-corrected chi connectivity index (χ1v) is 9.17. The fraction of sp³-hybridized carbons (Fsp3) is 0.722. The van der Waals surface area contributed by atoms with Crippen LogP contribution in [-0.4, -0.2) is 44.8 Å². The molecular formula is C18H28N4O3. The highest BCUT2D eigenvalue weighted by Crippen LogP contribution is 2.40. The minimum Gasteiger partial charge on any atom is -0.472 e. The maximum atomic E-state index is 13.0. The van der Waals surface area contributed by atoms with Crippen molar-refractivity contribution in [2.75, 3.05) is 10.2 Å². The highest BCUT2D eigenvalue weighted by Gasteiger charge is 2.45. The van der Waals surface area contributed by atoms with Gasteiger partial charge in [0, 0.05) is 6.04 Å². The van der Waals surface area contributed by atoms with E-state index in [2.05, 4.69) is 15.3 Å². The van der Waals surface area contributed by atoms with Crippen LogP contribution in [0.2, 0.25) is 0 Å².